The molecule has 11 heteroatoms. The zero-order valence-electron chi connectivity index (χ0n) is 11.7. The third-order valence-corrected chi connectivity index (χ3v) is 4.55. The summed E-state index contributed by atoms with van der Waals surface area (Å²) in [4.78, 5) is 11.6. The van der Waals surface area contributed by atoms with Crippen molar-refractivity contribution in [3.8, 4) is 0 Å². The molecule has 0 bridgehead atoms. The number of benzene rings is 1. The molecule has 0 aliphatic carbocycles. The Morgan fingerprint density at radius 2 is 2.04 bits per heavy atom. The summed E-state index contributed by atoms with van der Waals surface area (Å²) < 4.78 is 44.2. The van der Waals surface area contributed by atoms with Crippen LogP contribution in [0, 0.1) is 0 Å². The van der Waals surface area contributed by atoms with Gasteiger partial charge in [0.05, 0.1) is 0 Å². The van der Waals surface area contributed by atoms with Gasteiger partial charge in [-0.3, -0.25) is 0 Å². The summed E-state index contributed by atoms with van der Waals surface area (Å²) >= 11 is 4.21. The molecule has 2 aromatic heterocycles. The first-order chi connectivity index (χ1) is 11.3. The Morgan fingerprint density at radius 1 is 1.29 bits per heavy atom. The van der Waals surface area contributed by atoms with Crippen molar-refractivity contribution < 1.29 is 17.6 Å². The Balaban J connectivity index is 1.92. The first-order valence-corrected chi connectivity index (χ1v) is 8.16. The lowest BCUT2D eigenvalue weighted by molar-refractivity contribution is -0.146. The largest absolute Gasteiger partial charge is 0.453 e. The van der Waals surface area contributed by atoms with Crippen LogP contribution in [0.1, 0.15) is 11.4 Å². The maximum atomic E-state index is 12.7. The summed E-state index contributed by atoms with van der Waals surface area (Å²) in [6.07, 6.45) is -4.69. The number of thioether (sulfide) groups is 1. The van der Waals surface area contributed by atoms with Crippen LogP contribution >= 0.6 is 27.7 Å². The standard InChI is InChI=1S/C13H8BrF3N4O2S/c14-7-1-2-8-6(3-10(22)23-9(8)4-7)5-24-12-20-19-11(21(12)18)13(15,16)17/h1-4H,5,18H2. The summed E-state index contributed by atoms with van der Waals surface area (Å²) in [6.45, 7) is 0. The second-order valence-corrected chi connectivity index (χ2v) is 6.55. The number of nitrogen functional groups attached to an aromatic ring is 1. The van der Waals surface area contributed by atoms with Gasteiger partial charge in [0.15, 0.2) is 0 Å². The van der Waals surface area contributed by atoms with Crippen LogP contribution in [0.25, 0.3) is 11.0 Å². The third kappa shape index (κ3) is 3.26. The number of nitrogens with two attached hydrogens (primary N) is 1. The molecular weight excluding hydrogens is 413 g/mol. The number of hydrogen-bond donors (Lipinski definition) is 1. The van der Waals surface area contributed by atoms with E-state index < -0.39 is 17.6 Å². The molecule has 0 saturated carbocycles. The molecule has 0 unspecified atom stereocenters. The van der Waals surface area contributed by atoms with Gasteiger partial charge in [-0.05, 0) is 23.8 Å². The summed E-state index contributed by atoms with van der Waals surface area (Å²) in [5, 5.41) is 7.04. The average molecular weight is 421 g/mol. The lowest BCUT2D eigenvalue weighted by atomic mass is 10.1. The SMILES string of the molecule is Nn1c(SCc2cc(=O)oc3cc(Br)ccc23)nnc1C(F)(F)F. The zero-order valence-corrected chi connectivity index (χ0v) is 14.1. The minimum Gasteiger partial charge on any atom is -0.423 e. The molecule has 0 amide bonds. The molecule has 2 heterocycles. The van der Waals surface area contributed by atoms with Crippen molar-refractivity contribution in [2.24, 2.45) is 0 Å². The molecule has 126 valence electrons. The fourth-order valence-corrected chi connectivity index (χ4v) is 3.22. The van der Waals surface area contributed by atoms with Crippen molar-refractivity contribution >= 4 is 38.7 Å². The van der Waals surface area contributed by atoms with Crippen LogP contribution in [0.2, 0.25) is 0 Å². The van der Waals surface area contributed by atoms with E-state index in [0.29, 0.717) is 21.2 Å². The van der Waals surface area contributed by atoms with Crippen LogP contribution in [0.4, 0.5) is 13.2 Å². The monoisotopic (exact) mass is 420 g/mol. The highest BCUT2D eigenvalue weighted by atomic mass is 79.9. The van der Waals surface area contributed by atoms with Crippen LogP contribution in [-0.2, 0) is 11.9 Å². The Hall–Kier alpha value is -2.01. The van der Waals surface area contributed by atoms with Gasteiger partial charge in [0.2, 0.25) is 5.16 Å². The average Bonchev–Trinajstić information content (AvgIpc) is 2.85. The van der Waals surface area contributed by atoms with Crippen LogP contribution < -0.4 is 11.5 Å². The fraction of sp³-hybridized carbons (Fsp3) is 0.154. The highest BCUT2D eigenvalue weighted by Crippen LogP contribution is 2.31. The van der Waals surface area contributed by atoms with Gasteiger partial charge >= 0.3 is 11.8 Å². The van der Waals surface area contributed by atoms with Crippen LogP contribution in [0.3, 0.4) is 0 Å². The fourth-order valence-electron chi connectivity index (χ4n) is 2.03. The van der Waals surface area contributed by atoms with Gasteiger partial charge < -0.3 is 10.3 Å². The lowest BCUT2D eigenvalue weighted by Gasteiger charge is -2.07. The molecule has 2 N–H and O–H groups in total. The molecule has 0 aliphatic heterocycles. The van der Waals surface area contributed by atoms with Gasteiger partial charge in [-0.25, -0.2) is 9.47 Å². The minimum absolute atomic E-state index is 0.110. The third-order valence-electron chi connectivity index (χ3n) is 3.07. The number of aromatic nitrogens is 3. The van der Waals surface area contributed by atoms with Crippen LogP contribution in [0.15, 0.2) is 43.1 Å². The smallest absolute Gasteiger partial charge is 0.423 e. The van der Waals surface area contributed by atoms with Crippen molar-refractivity contribution in [3.05, 3.63) is 50.5 Å². The predicted molar refractivity (Wildman–Crippen MR) is 84.9 cm³/mol. The van der Waals surface area contributed by atoms with E-state index in [1.807, 2.05) is 0 Å². The quantitative estimate of drug-likeness (QED) is 0.397. The first-order valence-electron chi connectivity index (χ1n) is 6.38. The van der Waals surface area contributed by atoms with E-state index in [1.54, 1.807) is 18.2 Å². The van der Waals surface area contributed by atoms with Gasteiger partial charge in [0.1, 0.15) is 5.58 Å². The topological polar surface area (TPSA) is 86.9 Å². The second kappa shape index (κ2) is 6.13. The summed E-state index contributed by atoms with van der Waals surface area (Å²) in [5.74, 6) is 4.27. The molecule has 0 spiro atoms. The first kappa shape index (κ1) is 16.8. The van der Waals surface area contributed by atoms with Gasteiger partial charge in [-0.2, -0.15) is 13.2 Å². The molecular formula is C13H8BrF3N4O2S. The van der Waals surface area contributed by atoms with Crippen LogP contribution in [0.5, 0.6) is 0 Å². The number of nitrogens with zero attached hydrogens (tertiary/aromatic N) is 3. The Morgan fingerprint density at radius 3 is 2.71 bits per heavy atom. The predicted octanol–water partition coefficient (Wildman–Crippen LogP) is 3.17. The molecule has 0 fully saturated rings. The Bertz CT molecular complexity index is 970. The number of alkyl halides is 3. The van der Waals surface area contributed by atoms with E-state index in [1.165, 1.54) is 6.07 Å². The van der Waals surface area contributed by atoms with Gasteiger partial charge in [-0.15, -0.1) is 10.2 Å². The van der Waals surface area contributed by atoms with E-state index in [0.717, 1.165) is 16.2 Å². The number of halogens is 4. The molecule has 0 radical (unpaired) electrons. The highest BCUT2D eigenvalue weighted by molar-refractivity contribution is 9.10. The van der Waals surface area contributed by atoms with Crippen molar-refractivity contribution in [1.29, 1.82) is 0 Å². The number of hydrogen-bond acceptors (Lipinski definition) is 6. The molecule has 0 atom stereocenters. The lowest BCUT2D eigenvalue weighted by Crippen LogP contribution is -2.21. The molecule has 3 aromatic rings. The van der Waals surface area contributed by atoms with E-state index in [9.17, 15) is 18.0 Å². The maximum absolute atomic E-state index is 12.7. The summed E-state index contributed by atoms with van der Waals surface area (Å²) in [5.41, 5.74) is 0.411. The molecule has 6 nitrogen and oxygen atoms in total. The maximum Gasteiger partial charge on any atom is 0.453 e. The number of fused-ring (bicyclic) bond motifs is 1. The van der Waals surface area contributed by atoms with Crippen molar-refractivity contribution in [3.63, 3.8) is 0 Å². The van der Waals surface area contributed by atoms with Crippen LogP contribution in [-0.4, -0.2) is 14.9 Å². The minimum atomic E-state index is -4.69. The van der Waals surface area contributed by atoms with Crippen molar-refractivity contribution in [1.82, 2.24) is 14.9 Å². The van der Waals surface area contributed by atoms with Crippen molar-refractivity contribution in [2.45, 2.75) is 17.1 Å². The van der Waals surface area contributed by atoms with Gasteiger partial charge in [-0.1, -0.05) is 27.7 Å². The highest BCUT2D eigenvalue weighted by Gasteiger charge is 2.38. The molecule has 1 aromatic carbocycles. The van der Waals surface area contributed by atoms with Crippen molar-refractivity contribution in [2.75, 3.05) is 5.84 Å². The van der Waals surface area contributed by atoms with Gasteiger partial charge in [0.25, 0.3) is 5.82 Å². The van der Waals surface area contributed by atoms with E-state index >= 15 is 0 Å². The van der Waals surface area contributed by atoms with Gasteiger partial charge in [0, 0.05) is 21.7 Å². The van der Waals surface area contributed by atoms with E-state index in [2.05, 4.69) is 26.1 Å². The van der Waals surface area contributed by atoms with E-state index in [4.69, 9.17) is 10.3 Å². The number of rotatable bonds is 3. The molecule has 0 saturated heterocycles. The summed E-state index contributed by atoms with van der Waals surface area (Å²) in [6, 6.07) is 6.43. The molecule has 0 aliphatic rings. The zero-order chi connectivity index (χ0) is 17.5. The molecule has 3 rings (SSSR count). The van der Waals surface area contributed by atoms with E-state index in [-0.39, 0.29) is 10.9 Å². The Kier molecular flexibility index (Phi) is 4.30. The second-order valence-electron chi connectivity index (χ2n) is 4.69. The molecule has 24 heavy (non-hydrogen) atoms. The normalized spacial score (nSPS) is 12.0. The Labute approximate surface area is 144 Å². The summed E-state index contributed by atoms with van der Waals surface area (Å²) in [7, 11) is 0.